The van der Waals surface area contributed by atoms with E-state index >= 15 is 0 Å². The molecule has 0 atom stereocenters. The molecule has 0 aromatic carbocycles. The second kappa shape index (κ2) is 5.21. The van der Waals surface area contributed by atoms with Crippen molar-refractivity contribution in [2.75, 3.05) is 0 Å². The van der Waals surface area contributed by atoms with E-state index in [1.807, 2.05) is 0 Å². The molecule has 2 aromatic rings. The van der Waals surface area contributed by atoms with E-state index in [1.54, 1.807) is 12.1 Å². The topological polar surface area (TPSA) is 55.7 Å². The number of pyridine rings is 1. The molecule has 86 valence electrons. The molecule has 4 nitrogen and oxygen atoms in total. The van der Waals surface area contributed by atoms with Crippen LogP contribution in [0.2, 0.25) is 10.4 Å². The molecular weight excluding hydrogens is 261 g/mol. The molecule has 0 saturated heterocycles. The Morgan fingerprint density at radius 3 is 2.65 bits per heavy atom. The molecule has 17 heavy (non-hydrogen) atoms. The molecular formula is C11H7Cl2N3O. The van der Waals surface area contributed by atoms with Gasteiger partial charge in [0.25, 0.3) is 0 Å². The third-order valence-electron chi connectivity index (χ3n) is 2.07. The second-order valence-corrected chi connectivity index (χ2v) is 4.01. The average Bonchev–Trinajstić information content (AvgIpc) is 2.29. The number of hydrogen-bond acceptors (Lipinski definition) is 4. The molecule has 0 saturated carbocycles. The van der Waals surface area contributed by atoms with E-state index in [0.717, 1.165) is 0 Å². The first-order valence-electron chi connectivity index (χ1n) is 4.77. The van der Waals surface area contributed by atoms with Crippen molar-refractivity contribution >= 4 is 29.0 Å². The first-order valence-corrected chi connectivity index (χ1v) is 5.53. The van der Waals surface area contributed by atoms with Gasteiger partial charge in [-0.05, 0) is 29.8 Å². The lowest BCUT2D eigenvalue weighted by atomic mass is 10.1. The lowest BCUT2D eigenvalue weighted by Crippen LogP contribution is -2.05. The fourth-order valence-electron chi connectivity index (χ4n) is 1.31. The molecule has 0 unspecified atom stereocenters. The van der Waals surface area contributed by atoms with Crippen LogP contribution in [0.4, 0.5) is 0 Å². The molecule has 0 fully saturated rings. The summed E-state index contributed by atoms with van der Waals surface area (Å²) in [6, 6.07) is 4.77. The van der Waals surface area contributed by atoms with Gasteiger partial charge in [0, 0.05) is 18.0 Å². The fraction of sp³-hybridized carbons (Fsp3) is 0.0909. The van der Waals surface area contributed by atoms with Gasteiger partial charge in [-0.3, -0.25) is 4.79 Å². The van der Waals surface area contributed by atoms with Crippen LogP contribution >= 0.6 is 23.2 Å². The average molecular weight is 268 g/mol. The van der Waals surface area contributed by atoms with Crippen molar-refractivity contribution in [2.45, 2.75) is 6.42 Å². The zero-order chi connectivity index (χ0) is 12.3. The molecule has 0 aliphatic rings. The first-order chi connectivity index (χ1) is 8.15. The molecule has 0 aliphatic heterocycles. The van der Waals surface area contributed by atoms with Crippen LogP contribution < -0.4 is 0 Å². The number of rotatable bonds is 3. The van der Waals surface area contributed by atoms with E-state index in [0.29, 0.717) is 11.3 Å². The minimum Gasteiger partial charge on any atom is -0.294 e. The predicted molar refractivity (Wildman–Crippen MR) is 64.3 cm³/mol. The zero-order valence-corrected chi connectivity index (χ0v) is 10.1. The highest BCUT2D eigenvalue weighted by atomic mass is 35.5. The van der Waals surface area contributed by atoms with E-state index in [4.69, 9.17) is 23.2 Å². The van der Waals surface area contributed by atoms with Crippen molar-refractivity contribution < 1.29 is 4.79 Å². The maximum Gasteiger partial charge on any atom is 0.222 e. The Morgan fingerprint density at radius 2 is 1.94 bits per heavy atom. The van der Waals surface area contributed by atoms with E-state index in [1.165, 1.54) is 18.5 Å². The van der Waals surface area contributed by atoms with Gasteiger partial charge in [-0.15, -0.1) is 0 Å². The van der Waals surface area contributed by atoms with Crippen molar-refractivity contribution in [1.29, 1.82) is 0 Å². The standard InChI is InChI=1S/C11H7Cl2N3O/c12-10-5-7(1-3-14-10)9(17)6-8-2-4-15-11(13)16-8/h1-5H,6H2. The molecule has 0 bridgehead atoms. The van der Waals surface area contributed by atoms with Crippen LogP contribution in [0.3, 0.4) is 0 Å². The van der Waals surface area contributed by atoms with Gasteiger partial charge in [-0.25, -0.2) is 15.0 Å². The van der Waals surface area contributed by atoms with Gasteiger partial charge in [0.2, 0.25) is 5.28 Å². The summed E-state index contributed by atoms with van der Waals surface area (Å²) in [5.74, 6) is -0.0935. The normalized spacial score (nSPS) is 10.2. The smallest absolute Gasteiger partial charge is 0.222 e. The maximum absolute atomic E-state index is 11.9. The largest absolute Gasteiger partial charge is 0.294 e. The summed E-state index contributed by atoms with van der Waals surface area (Å²) in [7, 11) is 0. The van der Waals surface area contributed by atoms with Gasteiger partial charge in [0.15, 0.2) is 5.78 Å². The third kappa shape index (κ3) is 3.22. The summed E-state index contributed by atoms with van der Waals surface area (Å²) in [4.78, 5) is 23.4. The minimum atomic E-state index is -0.0935. The van der Waals surface area contributed by atoms with E-state index in [-0.39, 0.29) is 22.6 Å². The predicted octanol–water partition coefficient (Wildman–Crippen LogP) is 2.60. The van der Waals surface area contributed by atoms with Gasteiger partial charge < -0.3 is 0 Å². The summed E-state index contributed by atoms with van der Waals surface area (Å²) in [5.41, 5.74) is 1.07. The van der Waals surface area contributed by atoms with Gasteiger partial charge >= 0.3 is 0 Å². The molecule has 2 heterocycles. The number of halogens is 2. The quantitative estimate of drug-likeness (QED) is 0.487. The number of nitrogens with zero attached hydrogens (tertiary/aromatic N) is 3. The summed E-state index contributed by atoms with van der Waals surface area (Å²) in [5, 5.41) is 0.416. The highest BCUT2D eigenvalue weighted by molar-refractivity contribution is 6.29. The van der Waals surface area contributed by atoms with Crippen molar-refractivity contribution in [2.24, 2.45) is 0 Å². The Labute approximate surface area is 108 Å². The third-order valence-corrected chi connectivity index (χ3v) is 2.46. The summed E-state index contributed by atoms with van der Waals surface area (Å²) < 4.78 is 0. The monoisotopic (exact) mass is 267 g/mol. The molecule has 2 rings (SSSR count). The summed E-state index contributed by atoms with van der Waals surface area (Å²) in [6.45, 7) is 0. The molecule has 0 aliphatic carbocycles. The Hall–Kier alpha value is -1.52. The minimum absolute atomic E-state index is 0.0935. The van der Waals surface area contributed by atoms with Crippen molar-refractivity contribution in [1.82, 2.24) is 15.0 Å². The maximum atomic E-state index is 11.9. The lowest BCUT2D eigenvalue weighted by molar-refractivity contribution is 0.0992. The van der Waals surface area contributed by atoms with Gasteiger partial charge in [0.05, 0.1) is 12.1 Å². The molecule has 2 aromatic heterocycles. The van der Waals surface area contributed by atoms with Crippen LogP contribution in [0.1, 0.15) is 16.1 Å². The van der Waals surface area contributed by atoms with E-state index < -0.39 is 0 Å². The number of ketones is 1. The summed E-state index contributed by atoms with van der Waals surface area (Å²) >= 11 is 11.3. The fourth-order valence-corrected chi connectivity index (χ4v) is 1.65. The van der Waals surface area contributed by atoms with Crippen LogP contribution in [-0.4, -0.2) is 20.7 Å². The second-order valence-electron chi connectivity index (χ2n) is 3.28. The van der Waals surface area contributed by atoms with E-state index in [2.05, 4.69) is 15.0 Å². The number of aromatic nitrogens is 3. The van der Waals surface area contributed by atoms with Gasteiger partial charge in [0.1, 0.15) is 5.15 Å². The van der Waals surface area contributed by atoms with Gasteiger partial charge in [-0.1, -0.05) is 11.6 Å². The molecule has 0 spiro atoms. The Kier molecular flexibility index (Phi) is 3.66. The SMILES string of the molecule is O=C(Cc1ccnc(Cl)n1)c1ccnc(Cl)c1. The van der Waals surface area contributed by atoms with Crippen LogP contribution in [0.15, 0.2) is 30.6 Å². The number of Topliss-reactive ketones (excluding diaryl/α,β-unsaturated/α-hetero) is 1. The van der Waals surface area contributed by atoms with Crippen LogP contribution in [0.5, 0.6) is 0 Å². The number of carbonyl (C=O) groups excluding carboxylic acids is 1. The van der Waals surface area contributed by atoms with Crippen molar-refractivity contribution in [3.63, 3.8) is 0 Å². The molecule has 0 N–H and O–H groups in total. The molecule has 0 amide bonds. The van der Waals surface area contributed by atoms with Crippen LogP contribution in [0, 0.1) is 0 Å². The van der Waals surface area contributed by atoms with Gasteiger partial charge in [-0.2, -0.15) is 0 Å². The summed E-state index contributed by atoms with van der Waals surface area (Å²) in [6.07, 6.45) is 3.16. The molecule has 6 heteroatoms. The molecule has 0 radical (unpaired) electrons. The number of carbonyl (C=O) groups is 1. The first kappa shape index (κ1) is 12.0. The zero-order valence-electron chi connectivity index (χ0n) is 8.60. The Morgan fingerprint density at radius 1 is 1.18 bits per heavy atom. The Bertz CT molecular complexity index is 560. The highest BCUT2D eigenvalue weighted by Crippen LogP contribution is 2.10. The Balaban J connectivity index is 2.17. The van der Waals surface area contributed by atoms with Crippen LogP contribution in [-0.2, 0) is 6.42 Å². The van der Waals surface area contributed by atoms with Crippen LogP contribution in [0.25, 0.3) is 0 Å². The van der Waals surface area contributed by atoms with Crippen molar-refractivity contribution in [3.05, 3.63) is 52.3 Å². The number of hydrogen-bond donors (Lipinski definition) is 0. The highest BCUT2D eigenvalue weighted by Gasteiger charge is 2.09. The lowest BCUT2D eigenvalue weighted by Gasteiger charge is -2.01. The van der Waals surface area contributed by atoms with Crippen molar-refractivity contribution in [3.8, 4) is 0 Å². The van der Waals surface area contributed by atoms with E-state index in [9.17, 15) is 4.79 Å².